The molecule has 1 fully saturated rings. The maximum atomic E-state index is 12.8. The lowest BCUT2D eigenvalue weighted by Crippen LogP contribution is -2.48. The van der Waals surface area contributed by atoms with Gasteiger partial charge in [-0.05, 0) is 38.5 Å². The Morgan fingerprint density at radius 2 is 2.05 bits per heavy atom. The molecule has 20 heavy (non-hydrogen) atoms. The summed E-state index contributed by atoms with van der Waals surface area (Å²) in [5, 5.41) is 0. The van der Waals surface area contributed by atoms with Crippen LogP contribution >= 0.6 is 11.8 Å². The summed E-state index contributed by atoms with van der Waals surface area (Å²) in [7, 11) is 0. The molecule has 0 radical (unpaired) electrons. The van der Waals surface area contributed by atoms with Crippen molar-refractivity contribution in [3.05, 3.63) is 12.2 Å². The van der Waals surface area contributed by atoms with Crippen LogP contribution in [0.15, 0.2) is 12.2 Å². The molecule has 0 aromatic rings. The number of nitrogens with zero attached hydrogens (tertiary/aromatic N) is 1. The predicted molar refractivity (Wildman–Crippen MR) is 88.0 cm³/mol. The van der Waals surface area contributed by atoms with Gasteiger partial charge in [0.05, 0.1) is 0 Å². The topological polar surface area (TPSA) is 20.3 Å². The smallest absolute Gasteiger partial charge is 0.226 e. The van der Waals surface area contributed by atoms with Gasteiger partial charge >= 0.3 is 0 Å². The highest BCUT2D eigenvalue weighted by atomic mass is 32.2. The first-order valence-electron chi connectivity index (χ1n) is 8.07. The van der Waals surface area contributed by atoms with Crippen LogP contribution in [-0.2, 0) is 4.79 Å². The van der Waals surface area contributed by atoms with E-state index in [0.29, 0.717) is 16.7 Å². The van der Waals surface area contributed by atoms with E-state index in [2.05, 4.69) is 37.8 Å². The fourth-order valence-electron chi connectivity index (χ4n) is 3.06. The molecule has 1 amide bonds. The van der Waals surface area contributed by atoms with E-state index in [-0.39, 0.29) is 5.92 Å². The SMILES string of the molecule is CC(C)(C)SC[C@@H]1CCCCN1C(=O)[C@H]1CC=CCC1. The molecule has 1 aliphatic carbocycles. The number of allylic oxidation sites excluding steroid dienone is 2. The number of hydrogen-bond acceptors (Lipinski definition) is 2. The first-order chi connectivity index (χ1) is 9.47. The standard InChI is InChI=1S/C17H29NOS/c1-17(2,3)20-13-15-11-7-8-12-18(15)16(19)14-9-5-4-6-10-14/h4-5,14-15H,6-13H2,1-3H3/t14-,15-/m0/s1. The van der Waals surface area contributed by atoms with E-state index in [1.54, 1.807) is 0 Å². The van der Waals surface area contributed by atoms with E-state index in [9.17, 15) is 4.79 Å². The molecule has 0 unspecified atom stereocenters. The average Bonchev–Trinajstić information content (AvgIpc) is 2.45. The van der Waals surface area contributed by atoms with Crippen molar-refractivity contribution in [3.8, 4) is 0 Å². The summed E-state index contributed by atoms with van der Waals surface area (Å²) in [6.07, 6.45) is 11.1. The van der Waals surface area contributed by atoms with Crippen molar-refractivity contribution in [1.29, 1.82) is 0 Å². The Labute approximate surface area is 128 Å². The van der Waals surface area contributed by atoms with Crippen LogP contribution < -0.4 is 0 Å². The highest BCUT2D eigenvalue weighted by Gasteiger charge is 2.32. The number of carbonyl (C=O) groups excluding carboxylic acids is 1. The predicted octanol–water partition coefficient (Wildman–Crippen LogP) is 4.26. The number of likely N-dealkylation sites (tertiary alicyclic amines) is 1. The molecular weight excluding hydrogens is 266 g/mol. The molecule has 0 bridgehead atoms. The Bertz CT molecular complexity index is 358. The minimum atomic E-state index is 0.250. The number of rotatable bonds is 3. The minimum absolute atomic E-state index is 0.250. The molecule has 2 rings (SSSR count). The van der Waals surface area contributed by atoms with Crippen LogP contribution in [-0.4, -0.2) is 33.9 Å². The summed E-state index contributed by atoms with van der Waals surface area (Å²) >= 11 is 2.00. The lowest BCUT2D eigenvalue weighted by Gasteiger charge is -2.39. The zero-order valence-corrected chi connectivity index (χ0v) is 14.0. The third kappa shape index (κ3) is 4.54. The monoisotopic (exact) mass is 295 g/mol. The molecule has 3 heteroatoms. The summed E-state index contributed by atoms with van der Waals surface area (Å²) in [5.74, 6) is 1.77. The second-order valence-electron chi connectivity index (χ2n) is 7.09. The number of amides is 1. The third-order valence-corrected chi connectivity index (χ3v) is 5.65. The van der Waals surface area contributed by atoms with Gasteiger partial charge in [0.15, 0.2) is 0 Å². The Morgan fingerprint density at radius 1 is 1.25 bits per heavy atom. The zero-order chi connectivity index (χ0) is 14.6. The number of carbonyl (C=O) groups is 1. The molecule has 1 heterocycles. The van der Waals surface area contributed by atoms with E-state index < -0.39 is 0 Å². The molecule has 2 aliphatic rings. The highest BCUT2D eigenvalue weighted by molar-refractivity contribution is 8.00. The quantitative estimate of drug-likeness (QED) is 0.725. The average molecular weight is 295 g/mol. The normalized spacial score (nSPS) is 27.6. The van der Waals surface area contributed by atoms with Crippen LogP contribution in [0.5, 0.6) is 0 Å². The lowest BCUT2D eigenvalue weighted by molar-refractivity contribution is -0.139. The summed E-state index contributed by atoms with van der Waals surface area (Å²) < 4.78 is 0.291. The molecular formula is C17H29NOS. The first kappa shape index (κ1) is 15.9. The van der Waals surface area contributed by atoms with Gasteiger partial charge in [0.2, 0.25) is 5.91 Å². The van der Waals surface area contributed by atoms with Crippen LogP contribution in [0, 0.1) is 5.92 Å². The van der Waals surface area contributed by atoms with Crippen molar-refractivity contribution in [3.63, 3.8) is 0 Å². The van der Waals surface area contributed by atoms with Crippen molar-refractivity contribution >= 4 is 17.7 Å². The van der Waals surface area contributed by atoms with Crippen molar-refractivity contribution in [2.75, 3.05) is 12.3 Å². The van der Waals surface area contributed by atoms with E-state index in [1.807, 2.05) is 11.8 Å². The Morgan fingerprint density at radius 3 is 2.70 bits per heavy atom. The van der Waals surface area contributed by atoms with Crippen molar-refractivity contribution in [1.82, 2.24) is 4.90 Å². The second kappa shape index (κ2) is 7.02. The van der Waals surface area contributed by atoms with Crippen molar-refractivity contribution in [2.24, 2.45) is 5.92 Å². The maximum Gasteiger partial charge on any atom is 0.226 e. The Hall–Kier alpha value is -0.440. The van der Waals surface area contributed by atoms with Crippen LogP contribution in [0.2, 0.25) is 0 Å². The van der Waals surface area contributed by atoms with Gasteiger partial charge in [-0.2, -0.15) is 11.8 Å². The Kier molecular flexibility index (Phi) is 5.59. The minimum Gasteiger partial charge on any atom is -0.339 e. The van der Waals surface area contributed by atoms with E-state index in [4.69, 9.17) is 0 Å². The van der Waals surface area contributed by atoms with Gasteiger partial charge in [-0.1, -0.05) is 32.9 Å². The molecule has 0 aromatic carbocycles. The molecule has 0 spiro atoms. The number of thioether (sulfide) groups is 1. The van der Waals surface area contributed by atoms with Crippen molar-refractivity contribution < 1.29 is 4.79 Å². The fourth-order valence-corrected chi connectivity index (χ4v) is 4.10. The molecule has 1 saturated heterocycles. The molecule has 1 aliphatic heterocycles. The van der Waals surface area contributed by atoms with Gasteiger partial charge in [0.1, 0.15) is 0 Å². The molecule has 0 N–H and O–H groups in total. The van der Waals surface area contributed by atoms with Crippen LogP contribution in [0.4, 0.5) is 0 Å². The van der Waals surface area contributed by atoms with Gasteiger partial charge in [0.25, 0.3) is 0 Å². The van der Waals surface area contributed by atoms with E-state index >= 15 is 0 Å². The van der Waals surface area contributed by atoms with E-state index in [1.165, 1.54) is 19.3 Å². The maximum absolute atomic E-state index is 12.8. The second-order valence-corrected chi connectivity index (χ2v) is 8.93. The lowest BCUT2D eigenvalue weighted by atomic mass is 9.91. The molecule has 114 valence electrons. The van der Waals surface area contributed by atoms with Crippen LogP contribution in [0.3, 0.4) is 0 Å². The van der Waals surface area contributed by atoms with Gasteiger partial charge in [-0.25, -0.2) is 0 Å². The summed E-state index contributed by atoms with van der Waals surface area (Å²) in [5.41, 5.74) is 0. The van der Waals surface area contributed by atoms with Gasteiger partial charge in [-0.3, -0.25) is 4.79 Å². The molecule has 0 aromatic heterocycles. The van der Waals surface area contributed by atoms with Crippen LogP contribution in [0.1, 0.15) is 59.3 Å². The largest absolute Gasteiger partial charge is 0.339 e. The Balaban J connectivity index is 1.95. The van der Waals surface area contributed by atoms with Crippen LogP contribution in [0.25, 0.3) is 0 Å². The molecule has 0 saturated carbocycles. The fraction of sp³-hybridized carbons (Fsp3) is 0.824. The summed E-state index contributed by atoms with van der Waals surface area (Å²) in [6, 6.07) is 0.464. The third-order valence-electron chi connectivity index (χ3n) is 4.24. The van der Waals surface area contributed by atoms with Gasteiger partial charge in [-0.15, -0.1) is 0 Å². The highest BCUT2D eigenvalue weighted by Crippen LogP contribution is 2.30. The summed E-state index contributed by atoms with van der Waals surface area (Å²) in [6.45, 7) is 7.77. The van der Waals surface area contributed by atoms with Gasteiger partial charge < -0.3 is 4.90 Å². The number of hydrogen-bond donors (Lipinski definition) is 0. The van der Waals surface area contributed by atoms with E-state index in [0.717, 1.165) is 31.6 Å². The number of piperidine rings is 1. The van der Waals surface area contributed by atoms with Gasteiger partial charge in [0, 0.05) is 29.0 Å². The molecule has 2 atom stereocenters. The molecule has 2 nitrogen and oxygen atoms in total. The zero-order valence-electron chi connectivity index (χ0n) is 13.2. The summed E-state index contributed by atoms with van der Waals surface area (Å²) in [4.78, 5) is 15.0. The first-order valence-corrected chi connectivity index (χ1v) is 9.05. The van der Waals surface area contributed by atoms with Crippen molar-refractivity contribution in [2.45, 2.75) is 70.1 Å².